The molecule has 0 amide bonds. The van der Waals surface area contributed by atoms with Crippen LogP contribution in [0.4, 0.5) is 11.6 Å². The van der Waals surface area contributed by atoms with Gasteiger partial charge in [-0.25, -0.2) is 4.98 Å². The molecule has 6 heteroatoms. The lowest BCUT2D eigenvalue weighted by Crippen LogP contribution is -2.43. The first-order valence-electron chi connectivity index (χ1n) is 13.0. The number of rotatable bonds is 8. The van der Waals surface area contributed by atoms with Crippen LogP contribution in [0.1, 0.15) is 51.9 Å². The maximum Gasteiger partial charge on any atom is 0.224 e. The van der Waals surface area contributed by atoms with Crippen molar-refractivity contribution >= 4 is 22.7 Å². The summed E-state index contributed by atoms with van der Waals surface area (Å²) in [5.41, 5.74) is 4.87. The van der Waals surface area contributed by atoms with E-state index in [0.717, 1.165) is 68.6 Å². The standard InChI is InChI=1S/C27H38N6/c1-2-3-13-29-27-30-18-24-25(20-33(26(24)31-27)19-21-7-5-4-6-8-21)22-9-11-23(12-10-22)32-16-14-28-15-17-32/h9-12,18,20-21,28H,2-8,13-17,19H2,1H3,(H,29,30,31). The smallest absolute Gasteiger partial charge is 0.224 e. The van der Waals surface area contributed by atoms with Gasteiger partial charge >= 0.3 is 0 Å². The number of nitrogens with one attached hydrogen (secondary N) is 2. The zero-order valence-electron chi connectivity index (χ0n) is 20.0. The van der Waals surface area contributed by atoms with Crippen LogP contribution in [-0.2, 0) is 6.54 Å². The van der Waals surface area contributed by atoms with E-state index in [1.165, 1.54) is 55.3 Å². The fraction of sp³-hybridized carbons (Fsp3) is 0.556. The Hall–Kier alpha value is -2.60. The van der Waals surface area contributed by atoms with Gasteiger partial charge in [-0.05, 0) is 42.9 Å². The van der Waals surface area contributed by atoms with Crippen molar-refractivity contribution in [2.45, 2.75) is 58.4 Å². The van der Waals surface area contributed by atoms with Gasteiger partial charge in [-0.2, -0.15) is 4.98 Å². The molecule has 1 aliphatic carbocycles. The van der Waals surface area contributed by atoms with Crippen LogP contribution in [0.2, 0.25) is 0 Å². The Bertz CT molecular complexity index is 1030. The van der Waals surface area contributed by atoms with Crippen molar-refractivity contribution in [2.75, 3.05) is 42.9 Å². The molecule has 1 aromatic carbocycles. The van der Waals surface area contributed by atoms with Crippen molar-refractivity contribution in [1.82, 2.24) is 19.9 Å². The van der Waals surface area contributed by atoms with Gasteiger partial charge in [-0.1, -0.05) is 44.7 Å². The highest BCUT2D eigenvalue weighted by Gasteiger charge is 2.19. The molecule has 1 saturated heterocycles. The van der Waals surface area contributed by atoms with Gasteiger partial charge in [0.15, 0.2) is 0 Å². The van der Waals surface area contributed by atoms with Crippen LogP contribution in [0, 0.1) is 5.92 Å². The van der Waals surface area contributed by atoms with Crippen LogP contribution in [0.15, 0.2) is 36.7 Å². The first kappa shape index (κ1) is 22.2. The van der Waals surface area contributed by atoms with Gasteiger partial charge in [0.05, 0.1) is 0 Å². The quantitative estimate of drug-likeness (QED) is 0.460. The van der Waals surface area contributed by atoms with Gasteiger partial charge in [0.1, 0.15) is 5.65 Å². The van der Waals surface area contributed by atoms with Crippen LogP contribution in [0.25, 0.3) is 22.2 Å². The number of nitrogens with zero attached hydrogens (tertiary/aromatic N) is 4. The third kappa shape index (κ3) is 5.16. The number of aromatic nitrogens is 3. The molecule has 176 valence electrons. The number of unbranched alkanes of at least 4 members (excludes halogenated alkanes) is 1. The van der Waals surface area contributed by atoms with E-state index in [0.29, 0.717) is 0 Å². The van der Waals surface area contributed by atoms with Crippen LogP contribution in [0.5, 0.6) is 0 Å². The zero-order valence-corrected chi connectivity index (χ0v) is 20.0. The topological polar surface area (TPSA) is 58.0 Å². The first-order valence-corrected chi connectivity index (χ1v) is 13.0. The maximum atomic E-state index is 4.98. The maximum absolute atomic E-state index is 4.98. The minimum absolute atomic E-state index is 0.750. The van der Waals surface area contributed by atoms with E-state index in [1.807, 2.05) is 6.20 Å². The molecule has 3 heterocycles. The van der Waals surface area contributed by atoms with Crippen molar-refractivity contribution in [3.8, 4) is 11.1 Å². The Labute approximate surface area is 197 Å². The second-order valence-electron chi connectivity index (χ2n) is 9.69. The minimum Gasteiger partial charge on any atom is -0.369 e. The predicted octanol–water partition coefficient (Wildman–Crippen LogP) is 5.30. The van der Waals surface area contributed by atoms with E-state index in [-0.39, 0.29) is 0 Å². The molecule has 1 aliphatic heterocycles. The highest BCUT2D eigenvalue weighted by molar-refractivity contribution is 5.94. The number of piperazine rings is 1. The molecule has 0 unspecified atom stereocenters. The number of anilines is 2. The molecule has 2 fully saturated rings. The predicted molar refractivity (Wildman–Crippen MR) is 138 cm³/mol. The first-order chi connectivity index (χ1) is 16.3. The second-order valence-corrected chi connectivity index (χ2v) is 9.69. The molecule has 5 rings (SSSR count). The average Bonchev–Trinajstić information content (AvgIpc) is 3.23. The highest BCUT2D eigenvalue weighted by atomic mass is 15.2. The normalized spacial score (nSPS) is 17.5. The summed E-state index contributed by atoms with van der Waals surface area (Å²) in [4.78, 5) is 12.1. The van der Waals surface area contributed by atoms with Gasteiger partial charge in [0.25, 0.3) is 0 Å². The Morgan fingerprint density at radius 2 is 1.85 bits per heavy atom. The third-order valence-corrected chi connectivity index (χ3v) is 7.27. The Kier molecular flexibility index (Phi) is 7.10. The van der Waals surface area contributed by atoms with Crippen molar-refractivity contribution in [2.24, 2.45) is 5.92 Å². The Morgan fingerprint density at radius 3 is 2.61 bits per heavy atom. The Balaban J connectivity index is 1.45. The summed E-state index contributed by atoms with van der Waals surface area (Å²) in [7, 11) is 0. The summed E-state index contributed by atoms with van der Waals surface area (Å²) in [6.45, 7) is 8.45. The molecular formula is C27H38N6. The van der Waals surface area contributed by atoms with E-state index in [2.05, 4.69) is 62.5 Å². The van der Waals surface area contributed by atoms with Crippen molar-refractivity contribution < 1.29 is 0 Å². The summed E-state index contributed by atoms with van der Waals surface area (Å²) in [6.07, 6.45) is 13.4. The van der Waals surface area contributed by atoms with E-state index in [4.69, 9.17) is 4.98 Å². The molecule has 2 aliphatic rings. The average molecular weight is 447 g/mol. The van der Waals surface area contributed by atoms with Gasteiger partial charge in [-0.3, -0.25) is 0 Å². The van der Waals surface area contributed by atoms with E-state index >= 15 is 0 Å². The monoisotopic (exact) mass is 446 g/mol. The summed E-state index contributed by atoms with van der Waals surface area (Å²) >= 11 is 0. The SMILES string of the molecule is CCCCNc1ncc2c(-c3ccc(N4CCNCC4)cc3)cn(CC3CCCCC3)c2n1. The number of benzene rings is 1. The lowest BCUT2D eigenvalue weighted by Gasteiger charge is -2.29. The van der Waals surface area contributed by atoms with E-state index in [9.17, 15) is 0 Å². The molecule has 0 bridgehead atoms. The third-order valence-electron chi connectivity index (χ3n) is 7.27. The van der Waals surface area contributed by atoms with Gasteiger partial charge in [-0.15, -0.1) is 0 Å². The highest BCUT2D eigenvalue weighted by Crippen LogP contribution is 2.33. The molecule has 6 nitrogen and oxygen atoms in total. The lowest BCUT2D eigenvalue weighted by molar-refractivity contribution is 0.322. The molecular weight excluding hydrogens is 408 g/mol. The summed E-state index contributed by atoms with van der Waals surface area (Å²) in [5, 5.41) is 8.00. The van der Waals surface area contributed by atoms with Crippen LogP contribution >= 0.6 is 0 Å². The van der Waals surface area contributed by atoms with Gasteiger partial charge in [0, 0.05) is 68.3 Å². The second kappa shape index (κ2) is 10.6. The number of hydrogen-bond donors (Lipinski definition) is 2. The van der Waals surface area contributed by atoms with Crippen molar-refractivity contribution in [3.63, 3.8) is 0 Å². The lowest BCUT2D eigenvalue weighted by atomic mass is 9.89. The van der Waals surface area contributed by atoms with Crippen molar-refractivity contribution in [1.29, 1.82) is 0 Å². The van der Waals surface area contributed by atoms with Crippen LogP contribution < -0.4 is 15.5 Å². The Morgan fingerprint density at radius 1 is 1.06 bits per heavy atom. The van der Waals surface area contributed by atoms with Crippen molar-refractivity contribution in [3.05, 3.63) is 36.7 Å². The van der Waals surface area contributed by atoms with Crippen LogP contribution in [-0.4, -0.2) is 47.3 Å². The molecule has 33 heavy (non-hydrogen) atoms. The summed E-state index contributed by atoms with van der Waals surface area (Å²) in [5.74, 6) is 1.50. The number of fused-ring (bicyclic) bond motifs is 1. The molecule has 0 radical (unpaired) electrons. The fourth-order valence-electron chi connectivity index (χ4n) is 5.32. The zero-order chi connectivity index (χ0) is 22.5. The summed E-state index contributed by atoms with van der Waals surface area (Å²) in [6, 6.07) is 9.08. The fourth-order valence-corrected chi connectivity index (χ4v) is 5.32. The molecule has 2 aromatic heterocycles. The molecule has 0 atom stereocenters. The largest absolute Gasteiger partial charge is 0.369 e. The molecule has 2 N–H and O–H groups in total. The summed E-state index contributed by atoms with van der Waals surface area (Å²) < 4.78 is 2.40. The molecule has 3 aromatic rings. The van der Waals surface area contributed by atoms with Gasteiger partial charge in [0.2, 0.25) is 5.95 Å². The van der Waals surface area contributed by atoms with Crippen LogP contribution in [0.3, 0.4) is 0 Å². The minimum atomic E-state index is 0.750. The molecule has 1 saturated carbocycles. The van der Waals surface area contributed by atoms with Gasteiger partial charge < -0.3 is 20.1 Å². The van der Waals surface area contributed by atoms with E-state index < -0.39 is 0 Å². The number of hydrogen-bond acceptors (Lipinski definition) is 5. The molecule has 0 spiro atoms. The van der Waals surface area contributed by atoms with E-state index in [1.54, 1.807) is 0 Å².